The topological polar surface area (TPSA) is 52.3 Å². The number of hydrogen-bond acceptors (Lipinski definition) is 5. The van der Waals surface area contributed by atoms with Crippen molar-refractivity contribution >= 4 is 27.2 Å². The normalized spacial score (nSPS) is 11.2. The number of aryl methyl sites for hydroxylation is 1. The second-order valence-electron chi connectivity index (χ2n) is 4.37. The zero-order chi connectivity index (χ0) is 13.5. The average Bonchev–Trinajstić information content (AvgIpc) is 3.02. The predicted octanol–water partition coefficient (Wildman–Crippen LogP) is 3.44. The van der Waals surface area contributed by atoms with Gasteiger partial charge in [0.15, 0.2) is 5.65 Å². The van der Waals surface area contributed by atoms with E-state index in [0.717, 1.165) is 26.6 Å². The number of fused-ring (bicyclic) bond motifs is 2. The van der Waals surface area contributed by atoms with Crippen LogP contribution in [0.5, 0.6) is 11.6 Å². The van der Waals surface area contributed by atoms with Gasteiger partial charge in [0.05, 0.1) is 15.2 Å². The Labute approximate surface area is 118 Å². The summed E-state index contributed by atoms with van der Waals surface area (Å²) >= 11 is 1.68. The summed E-state index contributed by atoms with van der Waals surface area (Å²) in [6.07, 6.45) is 3.49. The molecule has 3 aromatic heterocycles. The van der Waals surface area contributed by atoms with Gasteiger partial charge in [-0.2, -0.15) is 0 Å². The second kappa shape index (κ2) is 4.28. The minimum absolute atomic E-state index is 0.529. The molecule has 0 saturated heterocycles. The van der Waals surface area contributed by atoms with Crippen LogP contribution in [0.4, 0.5) is 0 Å². The van der Waals surface area contributed by atoms with E-state index in [0.29, 0.717) is 5.88 Å². The van der Waals surface area contributed by atoms with E-state index in [2.05, 4.69) is 15.1 Å². The summed E-state index contributed by atoms with van der Waals surface area (Å²) in [6, 6.07) is 9.55. The van der Waals surface area contributed by atoms with Gasteiger partial charge in [-0.05, 0) is 25.1 Å². The number of aromatic nitrogens is 4. The van der Waals surface area contributed by atoms with Crippen LogP contribution in [0.3, 0.4) is 0 Å². The molecule has 0 aliphatic rings. The minimum Gasteiger partial charge on any atom is -0.438 e. The van der Waals surface area contributed by atoms with Gasteiger partial charge >= 0.3 is 0 Å². The van der Waals surface area contributed by atoms with Crippen LogP contribution in [0, 0.1) is 6.92 Å². The van der Waals surface area contributed by atoms with Crippen molar-refractivity contribution in [2.75, 3.05) is 0 Å². The molecule has 0 aliphatic heterocycles. The Morgan fingerprint density at radius 3 is 3.10 bits per heavy atom. The molecule has 5 nitrogen and oxygen atoms in total. The fourth-order valence-electron chi connectivity index (χ4n) is 2.06. The Hall–Kier alpha value is -2.47. The molecule has 0 amide bonds. The van der Waals surface area contributed by atoms with E-state index >= 15 is 0 Å². The van der Waals surface area contributed by atoms with Crippen LogP contribution in [0.25, 0.3) is 15.9 Å². The molecule has 0 N–H and O–H groups in total. The van der Waals surface area contributed by atoms with Crippen molar-refractivity contribution in [1.29, 1.82) is 0 Å². The van der Waals surface area contributed by atoms with E-state index in [1.165, 1.54) is 0 Å². The largest absolute Gasteiger partial charge is 0.438 e. The van der Waals surface area contributed by atoms with Crippen molar-refractivity contribution in [3.8, 4) is 11.6 Å². The van der Waals surface area contributed by atoms with Crippen LogP contribution in [0.15, 0.2) is 42.7 Å². The third kappa shape index (κ3) is 1.90. The number of hydrogen-bond donors (Lipinski definition) is 0. The maximum absolute atomic E-state index is 5.78. The highest BCUT2D eigenvalue weighted by molar-refractivity contribution is 7.18. The van der Waals surface area contributed by atoms with Gasteiger partial charge in [0.25, 0.3) is 0 Å². The molecule has 0 saturated carbocycles. The molecular weight excluding hydrogens is 272 g/mol. The first-order valence-corrected chi connectivity index (χ1v) is 6.95. The molecule has 3 heterocycles. The highest BCUT2D eigenvalue weighted by Crippen LogP contribution is 2.27. The van der Waals surface area contributed by atoms with Crippen molar-refractivity contribution in [3.63, 3.8) is 0 Å². The molecule has 0 radical (unpaired) electrons. The maximum atomic E-state index is 5.78. The van der Waals surface area contributed by atoms with E-state index in [1.807, 2.05) is 31.2 Å². The molecule has 1 aromatic carbocycles. The van der Waals surface area contributed by atoms with Gasteiger partial charge in [0.1, 0.15) is 5.75 Å². The molecule has 20 heavy (non-hydrogen) atoms. The Balaban J connectivity index is 1.71. The molecule has 0 aliphatic carbocycles. The van der Waals surface area contributed by atoms with E-state index in [9.17, 15) is 0 Å². The molecule has 0 atom stereocenters. The fourth-order valence-corrected chi connectivity index (χ4v) is 2.87. The van der Waals surface area contributed by atoms with Gasteiger partial charge in [0.2, 0.25) is 5.88 Å². The Morgan fingerprint density at radius 2 is 2.15 bits per heavy atom. The first-order valence-electron chi connectivity index (χ1n) is 6.13. The monoisotopic (exact) mass is 282 g/mol. The molecular formula is C14H10N4OS. The van der Waals surface area contributed by atoms with Crippen LogP contribution >= 0.6 is 11.3 Å². The van der Waals surface area contributed by atoms with Gasteiger partial charge < -0.3 is 4.74 Å². The standard InChI is InChI=1S/C14H10N4OS/c1-9-16-11-8-10(2-3-12(11)20-9)19-14-5-4-13-15-6-7-18(13)17-14/h2-8H,1H3. The second-order valence-corrected chi connectivity index (χ2v) is 5.60. The molecule has 6 heteroatoms. The van der Waals surface area contributed by atoms with Crippen molar-refractivity contribution < 1.29 is 4.74 Å². The Kier molecular flexibility index (Phi) is 2.43. The van der Waals surface area contributed by atoms with Crippen molar-refractivity contribution in [3.05, 3.63) is 47.7 Å². The number of rotatable bonds is 2. The van der Waals surface area contributed by atoms with Crippen LogP contribution in [-0.2, 0) is 0 Å². The molecule has 4 aromatic rings. The number of imidazole rings is 1. The zero-order valence-electron chi connectivity index (χ0n) is 10.6. The van der Waals surface area contributed by atoms with Crippen molar-refractivity contribution in [2.24, 2.45) is 0 Å². The summed E-state index contributed by atoms with van der Waals surface area (Å²) < 4.78 is 8.62. The number of thiazole rings is 1. The lowest BCUT2D eigenvalue weighted by molar-refractivity contribution is 0.453. The lowest BCUT2D eigenvalue weighted by Crippen LogP contribution is -1.94. The van der Waals surface area contributed by atoms with E-state index in [4.69, 9.17) is 4.74 Å². The SMILES string of the molecule is Cc1nc2cc(Oc3ccc4nccn4n3)ccc2s1. The lowest BCUT2D eigenvalue weighted by Gasteiger charge is -2.04. The van der Waals surface area contributed by atoms with Crippen molar-refractivity contribution in [2.45, 2.75) is 6.92 Å². The van der Waals surface area contributed by atoms with Gasteiger partial charge in [-0.25, -0.2) is 14.5 Å². The van der Waals surface area contributed by atoms with Gasteiger partial charge in [-0.3, -0.25) is 0 Å². The smallest absolute Gasteiger partial charge is 0.237 e. The first-order chi connectivity index (χ1) is 9.78. The van der Waals surface area contributed by atoms with Gasteiger partial charge in [-0.1, -0.05) is 0 Å². The minimum atomic E-state index is 0.529. The molecule has 0 bridgehead atoms. The Bertz CT molecular complexity index is 912. The zero-order valence-corrected chi connectivity index (χ0v) is 11.5. The summed E-state index contributed by atoms with van der Waals surface area (Å²) in [7, 11) is 0. The fraction of sp³-hybridized carbons (Fsp3) is 0.0714. The summed E-state index contributed by atoms with van der Waals surface area (Å²) in [5.41, 5.74) is 1.75. The highest BCUT2D eigenvalue weighted by atomic mass is 32.1. The van der Waals surface area contributed by atoms with E-state index in [1.54, 1.807) is 34.3 Å². The summed E-state index contributed by atoms with van der Waals surface area (Å²) in [5.74, 6) is 1.26. The Morgan fingerprint density at radius 1 is 1.20 bits per heavy atom. The highest BCUT2D eigenvalue weighted by Gasteiger charge is 2.05. The number of benzene rings is 1. The molecule has 4 rings (SSSR count). The van der Waals surface area contributed by atoms with Gasteiger partial charge in [-0.15, -0.1) is 16.4 Å². The van der Waals surface area contributed by atoms with Crippen LogP contribution in [0.2, 0.25) is 0 Å². The summed E-state index contributed by atoms with van der Waals surface area (Å²) in [5, 5.41) is 5.38. The molecule has 0 unspecified atom stereocenters. The summed E-state index contributed by atoms with van der Waals surface area (Å²) in [6.45, 7) is 2.00. The lowest BCUT2D eigenvalue weighted by atomic mass is 10.3. The average molecular weight is 282 g/mol. The number of ether oxygens (including phenoxy) is 1. The summed E-state index contributed by atoms with van der Waals surface area (Å²) in [4.78, 5) is 8.61. The van der Waals surface area contributed by atoms with E-state index in [-0.39, 0.29) is 0 Å². The quantitative estimate of drug-likeness (QED) is 0.565. The predicted molar refractivity (Wildman–Crippen MR) is 77.4 cm³/mol. The maximum Gasteiger partial charge on any atom is 0.237 e. The van der Waals surface area contributed by atoms with Crippen molar-refractivity contribution in [1.82, 2.24) is 19.6 Å². The number of nitrogens with zero attached hydrogens (tertiary/aromatic N) is 4. The van der Waals surface area contributed by atoms with Crippen LogP contribution in [-0.4, -0.2) is 19.6 Å². The molecule has 0 fully saturated rings. The molecule has 98 valence electrons. The van der Waals surface area contributed by atoms with Crippen LogP contribution in [0.1, 0.15) is 5.01 Å². The third-order valence-corrected chi connectivity index (χ3v) is 3.87. The van der Waals surface area contributed by atoms with Gasteiger partial charge in [0, 0.05) is 24.5 Å². The van der Waals surface area contributed by atoms with E-state index < -0.39 is 0 Å². The van der Waals surface area contributed by atoms with Crippen LogP contribution < -0.4 is 4.74 Å². The molecule has 0 spiro atoms. The third-order valence-electron chi connectivity index (χ3n) is 2.92. The first kappa shape index (κ1) is 11.4.